The number of nitrogens with zero attached hydrogens (tertiary/aromatic N) is 1. The fourth-order valence-electron chi connectivity index (χ4n) is 1.18. The van der Waals surface area contributed by atoms with Crippen molar-refractivity contribution < 1.29 is 24.3 Å². The highest BCUT2D eigenvalue weighted by atomic mass is 31.2. The Labute approximate surface area is 85.8 Å². The lowest BCUT2D eigenvalue weighted by atomic mass is 10.2. The van der Waals surface area contributed by atoms with E-state index in [1.54, 1.807) is 6.92 Å². The van der Waals surface area contributed by atoms with Crippen molar-refractivity contribution in [2.75, 3.05) is 0 Å². The number of hydrogen-bond acceptors (Lipinski definition) is 3. The molecule has 1 heterocycles. The first kappa shape index (κ1) is 11.8. The molecule has 0 bridgehead atoms. The molecule has 1 aromatic heterocycles. The molecular formula is C8H10NO5P. The van der Waals surface area contributed by atoms with Crippen LogP contribution in [0.2, 0.25) is 0 Å². The third-order valence-electron chi connectivity index (χ3n) is 1.62. The second kappa shape index (κ2) is 4.10. The fraction of sp³-hybridized carbons (Fsp3) is 0.250. The molecule has 15 heavy (non-hydrogen) atoms. The SMILES string of the molecule is Cc1cc(CP(=O)(O)O)cc(C(=O)O)n1. The highest BCUT2D eigenvalue weighted by molar-refractivity contribution is 7.50. The van der Waals surface area contributed by atoms with E-state index < -0.39 is 19.7 Å². The van der Waals surface area contributed by atoms with Crippen LogP contribution in [0.3, 0.4) is 0 Å². The molecule has 0 amide bonds. The van der Waals surface area contributed by atoms with Crippen molar-refractivity contribution in [2.45, 2.75) is 13.1 Å². The van der Waals surface area contributed by atoms with Gasteiger partial charge in [-0.3, -0.25) is 4.57 Å². The highest BCUT2D eigenvalue weighted by Crippen LogP contribution is 2.39. The molecule has 0 saturated carbocycles. The first-order valence-corrected chi connectivity index (χ1v) is 5.83. The minimum absolute atomic E-state index is 0.210. The van der Waals surface area contributed by atoms with Crippen molar-refractivity contribution in [1.82, 2.24) is 4.98 Å². The van der Waals surface area contributed by atoms with Gasteiger partial charge in [-0.1, -0.05) is 0 Å². The molecule has 0 radical (unpaired) electrons. The molecule has 0 aromatic carbocycles. The van der Waals surface area contributed by atoms with Crippen molar-refractivity contribution in [3.63, 3.8) is 0 Å². The van der Waals surface area contributed by atoms with E-state index in [4.69, 9.17) is 14.9 Å². The summed E-state index contributed by atoms with van der Waals surface area (Å²) in [6.07, 6.45) is -0.476. The maximum Gasteiger partial charge on any atom is 0.354 e. The minimum atomic E-state index is -4.18. The van der Waals surface area contributed by atoms with Crippen LogP contribution in [0.4, 0.5) is 0 Å². The van der Waals surface area contributed by atoms with Crippen LogP contribution < -0.4 is 0 Å². The van der Waals surface area contributed by atoms with Gasteiger partial charge in [0, 0.05) is 5.69 Å². The molecule has 1 aromatic rings. The normalized spacial score (nSPS) is 11.4. The molecule has 0 aliphatic heterocycles. The number of rotatable bonds is 3. The van der Waals surface area contributed by atoms with Crippen LogP contribution in [0.5, 0.6) is 0 Å². The molecular weight excluding hydrogens is 221 g/mol. The van der Waals surface area contributed by atoms with Crippen molar-refractivity contribution in [3.8, 4) is 0 Å². The lowest BCUT2D eigenvalue weighted by Gasteiger charge is -2.05. The summed E-state index contributed by atoms with van der Waals surface area (Å²) in [5, 5.41) is 8.68. The minimum Gasteiger partial charge on any atom is -0.477 e. The number of carboxylic acid groups (broad SMARTS) is 1. The molecule has 0 spiro atoms. The van der Waals surface area contributed by atoms with Gasteiger partial charge < -0.3 is 14.9 Å². The zero-order chi connectivity index (χ0) is 11.6. The Morgan fingerprint density at radius 1 is 1.47 bits per heavy atom. The van der Waals surface area contributed by atoms with Gasteiger partial charge in [-0.25, -0.2) is 9.78 Å². The van der Waals surface area contributed by atoms with E-state index in [1.807, 2.05) is 0 Å². The zero-order valence-electron chi connectivity index (χ0n) is 7.91. The van der Waals surface area contributed by atoms with Gasteiger partial charge in [0.2, 0.25) is 0 Å². The van der Waals surface area contributed by atoms with Crippen LogP contribution in [0, 0.1) is 6.92 Å². The largest absolute Gasteiger partial charge is 0.477 e. The Balaban J connectivity index is 3.10. The molecule has 0 saturated heterocycles. The molecule has 0 aliphatic carbocycles. The zero-order valence-corrected chi connectivity index (χ0v) is 8.81. The van der Waals surface area contributed by atoms with Crippen LogP contribution >= 0.6 is 7.60 Å². The maximum atomic E-state index is 10.7. The summed E-state index contributed by atoms with van der Waals surface area (Å²) in [4.78, 5) is 31.8. The Morgan fingerprint density at radius 3 is 2.53 bits per heavy atom. The molecule has 7 heteroatoms. The van der Waals surface area contributed by atoms with Crippen molar-refractivity contribution in [2.24, 2.45) is 0 Å². The van der Waals surface area contributed by atoms with E-state index in [-0.39, 0.29) is 11.3 Å². The third-order valence-corrected chi connectivity index (χ3v) is 2.40. The monoisotopic (exact) mass is 231 g/mol. The third kappa shape index (κ3) is 3.79. The second-order valence-corrected chi connectivity index (χ2v) is 4.78. The number of aryl methyl sites for hydroxylation is 1. The van der Waals surface area contributed by atoms with E-state index in [2.05, 4.69) is 4.98 Å². The van der Waals surface area contributed by atoms with Gasteiger partial charge in [0.15, 0.2) is 0 Å². The second-order valence-electron chi connectivity index (χ2n) is 3.13. The molecule has 0 aliphatic rings. The van der Waals surface area contributed by atoms with Gasteiger partial charge in [0.05, 0.1) is 6.16 Å². The smallest absolute Gasteiger partial charge is 0.354 e. The summed E-state index contributed by atoms with van der Waals surface area (Å²) in [6, 6.07) is 2.61. The van der Waals surface area contributed by atoms with Gasteiger partial charge in [-0.15, -0.1) is 0 Å². The Kier molecular flexibility index (Phi) is 3.24. The number of carboxylic acids is 1. The standard InChI is InChI=1S/C8H10NO5P/c1-5-2-6(4-15(12,13)14)3-7(9-5)8(10)11/h2-3H,4H2,1H3,(H,10,11)(H2,12,13,14). The average Bonchev–Trinajstić information content (AvgIpc) is 1.99. The van der Waals surface area contributed by atoms with E-state index in [1.165, 1.54) is 6.07 Å². The van der Waals surface area contributed by atoms with E-state index >= 15 is 0 Å². The maximum absolute atomic E-state index is 10.7. The van der Waals surface area contributed by atoms with Crippen LogP contribution in [0.25, 0.3) is 0 Å². The van der Waals surface area contributed by atoms with E-state index in [9.17, 15) is 9.36 Å². The number of carbonyl (C=O) groups is 1. The summed E-state index contributed by atoms with van der Waals surface area (Å²) in [5.41, 5.74) is 0.477. The topological polar surface area (TPSA) is 108 Å². The molecule has 6 nitrogen and oxygen atoms in total. The van der Waals surface area contributed by atoms with Gasteiger partial charge in [-0.2, -0.15) is 0 Å². The summed E-state index contributed by atoms with van der Waals surface area (Å²) in [6.45, 7) is 1.57. The van der Waals surface area contributed by atoms with Crippen LogP contribution in [0.1, 0.15) is 21.7 Å². The molecule has 1 rings (SSSR count). The number of aromatic nitrogens is 1. The van der Waals surface area contributed by atoms with Crippen LogP contribution in [-0.2, 0) is 10.7 Å². The van der Waals surface area contributed by atoms with Crippen molar-refractivity contribution >= 4 is 13.6 Å². The first-order valence-electron chi connectivity index (χ1n) is 4.03. The fourth-order valence-corrected chi connectivity index (χ4v) is 1.84. The molecule has 82 valence electrons. The Hall–Kier alpha value is -1.23. The number of aromatic carboxylic acids is 1. The highest BCUT2D eigenvalue weighted by Gasteiger charge is 2.16. The molecule has 0 atom stereocenters. The first-order chi connectivity index (χ1) is 6.78. The van der Waals surface area contributed by atoms with E-state index in [0.717, 1.165) is 6.07 Å². The van der Waals surface area contributed by atoms with Crippen molar-refractivity contribution in [1.29, 1.82) is 0 Å². The van der Waals surface area contributed by atoms with Crippen LogP contribution in [0.15, 0.2) is 12.1 Å². The van der Waals surface area contributed by atoms with Gasteiger partial charge in [0.1, 0.15) is 5.69 Å². The Bertz CT molecular complexity index is 439. The van der Waals surface area contributed by atoms with Gasteiger partial charge in [-0.05, 0) is 24.6 Å². The molecule has 0 unspecified atom stereocenters. The van der Waals surface area contributed by atoms with Crippen LogP contribution in [-0.4, -0.2) is 25.8 Å². The lowest BCUT2D eigenvalue weighted by Crippen LogP contribution is -2.03. The quantitative estimate of drug-likeness (QED) is 0.663. The summed E-state index contributed by atoms with van der Waals surface area (Å²) >= 11 is 0. The predicted octanol–water partition coefficient (Wildman–Crippen LogP) is 0.766. The number of hydrogen-bond donors (Lipinski definition) is 3. The lowest BCUT2D eigenvalue weighted by molar-refractivity contribution is 0.0690. The molecule has 3 N–H and O–H groups in total. The predicted molar refractivity (Wildman–Crippen MR) is 51.7 cm³/mol. The van der Waals surface area contributed by atoms with Crippen molar-refractivity contribution in [3.05, 3.63) is 29.1 Å². The summed E-state index contributed by atoms with van der Waals surface area (Å²) in [7, 11) is -4.18. The average molecular weight is 231 g/mol. The molecule has 0 fully saturated rings. The van der Waals surface area contributed by atoms with E-state index in [0.29, 0.717) is 5.69 Å². The summed E-state index contributed by atoms with van der Waals surface area (Å²) < 4.78 is 10.7. The summed E-state index contributed by atoms with van der Waals surface area (Å²) in [5.74, 6) is -1.22. The van der Waals surface area contributed by atoms with Gasteiger partial charge >= 0.3 is 13.6 Å². The Morgan fingerprint density at radius 2 is 2.07 bits per heavy atom. The number of pyridine rings is 1. The van der Waals surface area contributed by atoms with Gasteiger partial charge in [0.25, 0.3) is 0 Å².